The number of benzene rings is 1. The summed E-state index contributed by atoms with van der Waals surface area (Å²) < 4.78 is 0. The van der Waals surface area contributed by atoms with Gasteiger partial charge in [-0.05, 0) is 31.4 Å². The van der Waals surface area contributed by atoms with Crippen LogP contribution in [0, 0.1) is 6.92 Å². The molecule has 1 heterocycles. The number of nitrogens with zero attached hydrogens (tertiary/aromatic N) is 4. The number of rotatable bonds is 5. The van der Waals surface area contributed by atoms with Crippen molar-refractivity contribution in [2.45, 2.75) is 32.9 Å². The Morgan fingerprint density at radius 2 is 1.84 bits per heavy atom. The van der Waals surface area contributed by atoms with Gasteiger partial charge in [0.15, 0.2) is 5.82 Å². The van der Waals surface area contributed by atoms with Crippen LogP contribution in [-0.2, 0) is 13.0 Å². The fraction of sp³-hybridized carbons (Fsp3) is 0.385. The normalized spacial score (nSPS) is 12.2. The largest absolute Gasteiger partial charge is 0.348 e. The van der Waals surface area contributed by atoms with E-state index in [4.69, 9.17) is 5.73 Å². The second kappa shape index (κ2) is 6.19. The molecule has 0 aliphatic rings. The molecule has 0 amide bonds. The van der Waals surface area contributed by atoms with Crippen molar-refractivity contribution in [1.82, 2.24) is 20.4 Å². The van der Waals surface area contributed by atoms with Gasteiger partial charge in [-0.1, -0.05) is 24.3 Å². The summed E-state index contributed by atoms with van der Waals surface area (Å²) in [5.74, 6) is 0.993. The molecule has 0 fully saturated rings. The minimum absolute atomic E-state index is 0.164. The molecule has 0 saturated carbocycles. The molecule has 0 aliphatic carbocycles. The van der Waals surface area contributed by atoms with Gasteiger partial charge in [-0.2, -0.15) is 0 Å². The Kier molecular flexibility index (Phi) is 4.35. The maximum Gasteiger partial charge on any atom is 0.262 e. The van der Waals surface area contributed by atoms with Crippen molar-refractivity contribution in [2.75, 3.05) is 5.32 Å². The standard InChI is InChI=1S/C13H18N6/c1-9(14)6-11-4-3-5-12(7-11)8-15-13-18-16-10(2)17-19-13/h3-5,7,9H,6,8,14H2,1-2H3,(H,15,18,19). The van der Waals surface area contributed by atoms with Crippen LogP contribution in [0.25, 0.3) is 0 Å². The topological polar surface area (TPSA) is 89.6 Å². The van der Waals surface area contributed by atoms with E-state index >= 15 is 0 Å². The SMILES string of the molecule is Cc1nnc(NCc2cccc(CC(C)N)c2)nn1. The summed E-state index contributed by atoms with van der Waals surface area (Å²) >= 11 is 0. The van der Waals surface area contributed by atoms with Crippen LogP contribution in [0.2, 0.25) is 0 Å². The lowest BCUT2D eigenvalue weighted by Gasteiger charge is -2.08. The first kappa shape index (κ1) is 13.4. The number of hydrogen-bond donors (Lipinski definition) is 2. The second-order valence-corrected chi connectivity index (χ2v) is 4.63. The van der Waals surface area contributed by atoms with Crippen molar-refractivity contribution in [3.63, 3.8) is 0 Å². The highest BCUT2D eigenvalue weighted by Gasteiger charge is 2.01. The van der Waals surface area contributed by atoms with E-state index in [1.54, 1.807) is 6.92 Å². The molecule has 1 atom stereocenters. The molecule has 100 valence electrons. The molecule has 0 aliphatic heterocycles. The predicted octanol–water partition coefficient (Wildman–Crippen LogP) is 1.08. The lowest BCUT2D eigenvalue weighted by atomic mass is 10.0. The zero-order valence-corrected chi connectivity index (χ0v) is 11.2. The van der Waals surface area contributed by atoms with E-state index in [0.29, 0.717) is 18.3 Å². The summed E-state index contributed by atoms with van der Waals surface area (Å²) in [4.78, 5) is 0. The van der Waals surface area contributed by atoms with E-state index in [0.717, 1.165) is 12.0 Å². The van der Waals surface area contributed by atoms with E-state index in [-0.39, 0.29) is 6.04 Å². The monoisotopic (exact) mass is 258 g/mol. The number of nitrogens with two attached hydrogens (primary N) is 1. The molecule has 19 heavy (non-hydrogen) atoms. The number of aryl methyl sites for hydroxylation is 1. The van der Waals surface area contributed by atoms with E-state index in [9.17, 15) is 0 Å². The minimum atomic E-state index is 0.164. The molecule has 1 unspecified atom stereocenters. The van der Waals surface area contributed by atoms with Crippen molar-refractivity contribution in [3.8, 4) is 0 Å². The Hall–Kier alpha value is -2.08. The summed E-state index contributed by atoms with van der Waals surface area (Å²) in [5.41, 5.74) is 8.19. The Bertz CT molecular complexity index is 523. The molecule has 3 N–H and O–H groups in total. The van der Waals surface area contributed by atoms with E-state index in [1.807, 2.05) is 19.1 Å². The molecule has 0 radical (unpaired) electrons. The molecular weight excluding hydrogens is 240 g/mol. The highest BCUT2D eigenvalue weighted by Crippen LogP contribution is 2.08. The second-order valence-electron chi connectivity index (χ2n) is 4.63. The van der Waals surface area contributed by atoms with Crippen LogP contribution >= 0.6 is 0 Å². The highest BCUT2D eigenvalue weighted by atomic mass is 15.3. The molecule has 0 spiro atoms. The highest BCUT2D eigenvalue weighted by molar-refractivity contribution is 5.28. The van der Waals surface area contributed by atoms with Gasteiger partial charge in [-0.15, -0.1) is 20.4 Å². The van der Waals surface area contributed by atoms with Gasteiger partial charge in [-0.3, -0.25) is 0 Å². The lowest BCUT2D eigenvalue weighted by molar-refractivity contribution is 0.737. The number of hydrogen-bond acceptors (Lipinski definition) is 6. The molecule has 2 aromatic rings. The van der Waals surface area contributed by atoms with Gasteiger partial charge in [0.25, 0.3) is 5.95 Å². The van der Waals surface area contributed by atoms with Gasteiger partial charge in [-0.25, -0.2) is 0 Å². The third-order valence-corrected chi connectivity index (χ3v) is 2.58. The van der Waals surface area contributed by atoms with Crippen molar-refractivity contribution < 1.29 is 0 Å². The van der Waals surface area contributed by atoms with Crippen LogP contribution in [0.4, 0.5) is 5.95 Å². The predicted molar refractivity (Wildman–Crippen MR) is 73.5 cm³/mol. The molecule has 0 bridgehead atoms. The maximum atomic E-state index is 5.80. The van der Waals surface area contributed by atoms with E-state index in [1.165, 1.54) is 5.56 Å². The van der Waals surface area contributed by atoms with Crippen LogP contribution in [0.5, 0.6) is 0 Å². The summed E-state index contributed by atoms with van der Waals surface area (Å²) in [6.45, 7) is 4.39. The van der Waals surface area contributed by atoms with Crippen LogP contribution < -0.4 is 11.1 Å². The fourth-order valence-electron chi connectivity index (χ4n) is 1.77. The van der Waals surface area contributed by atoms with Gasteiger partial charge in [0.05, 0.1) is 0 Å². The fourth-order valence-corrected chi connectivity index (χ4v) is 1.77. The summed E-state index contributed by atoms with van der Waals surface area (Å²) in [5, 5.41) is 18.6. The van der Waals surface area contributed by atoms with Crippen molar-refractivity contribution in [1.29, 1.82) is 0 Å². The molecule has 0 saturated heterocycles. The van der Waals surface area contributed by atoms with Gasteiger partial charge in [0.1, 0.15) is 0 Å². The van der Waals surface area contributed by atoms with Crippen molar-refractivity contribution in [3.05, 3.63) is 41.2 Å². The lowest BCUT2D eigenvalue weighted by Crippen LogP contribution is -2.17. The summed E-state index contributed by atoms with van der Waals surface area (Å²) in [7, 11) is 0. The number of nitrogens with one attached hydrogen (secondary N) is 1. The van der Waals surface area contributed by atoms with Crippen LogP contribution in [-0.4, -0.2) is 26.4 Å². The Morgan fingerprint density at radius 3 is 2.53 bits per heavy atom. The zero-order chi connectivity index (χ0) is 13.7. The van der Waals surface area contributed by atoms with Gasteiger partial charge >= 0.3 is 0 Å². The van der Waals surface area contributed by atoms with Crippen LogP contribution in [0.15, 0.2) is 24.3 Å². The first-order valence-corrected chi connectivity index (χ1v) is 6.25. The van der Waals surface area contributed by atoms with E-state index in [2.05, 4.69) is 37.8 Å². The van der Waals surface area contributed by atoms with Crippen LogP contribution in [0.1, 0.15) is 23.9 Å². The average molecular weight is 258 g/mol. The Balaban J connectivity index is 1.97. The first-order valence-electron chi connectivity index (χ1n) is 6.25. The van der Waals surface area contributed by atoms with Crippen molar-refractivity contribution in [2.24, 2.45) is 5.73 Å². The summed E-state index contributed by atoms with van der Waals surface area (Å²) in [6, 6.07) is 8.45. The molecule has 1 aromatic carbocycles. The van der Waals surface area contributed by atoms with E-state index < -0.39 is 0 Å². The number of aromatic nitrogens is 4. The third-order valence-electron chi connectivity index (χ3n) is 2.58. The molecular formula is C13H18N6. The first-order chi connectivity index (χ1) is 9.13. The van der Waals surface area contributed by atoms with Gasteiger partial charge in [0.2, 0.25) is 0 Å². The zero-order valence-electron chi connectivity index (χ0n) is 11.2. The quantitative estimate of drug-likeness (QED) is 0.834. The van der Waals surface area contributed by atoms with Crippen molar-refractivity contribution >= 4 is 5.95 Å². The molecule has 6 heteroatoms. The number of anilines is 1. The average Bonchev–Trinajstić information content (AvgIpc) is 2.38. The summed E-state index contributed by atoms with van der Waals surface area (Å²) in [6.07, 6.45) is 0.873. The minimum Gasteiger partial charge on any atom is -0.348 e. The molecule has 1 aromatic heterocycles. The maximum absolute atomic E-state index is 5.80. The Morgan fingerprint density at radius 1 is 1.16 bits per heavy atom. The smallest absolute Gasteiger partial charge is 0.262 e. The third kappa shape index (κ3) is 4.26. The molecule has 2 rings (SSSR count). The van der Waals surface area contributed by atoms with Crippen LogP contribution in [0.3, 0.4) is 0 Å². The van der Waals surface area contributed by atoms with Gasteiger partial charge < -0.3 is 11.1 Å². The molecule has 6 nitrogen and oxygen atoms in total. The Labute approximate surface area is 112 Å². The van der Waals surface area contributed by atoms with Gasteiger partial charge in [0, 0.05) is 12.6 Å².